The maximum absolute atomic E-state index is 11.2. The Bertz CT molecular complexity index is 423. The van der Waals surface area contributed by atoms with E-state index < -0.39 is 4.92 Å². The van der Waals surface area contributed by atoms with Crippen LogP contribution in [0.3, 0.4) is 0 Å². The Kier molecular flexibility index (Phi) is 4.89. The van der Waals surface area contributed by atoms with E-state index in [1.54, 1.807) is 12.1 Å². The molecule has 0 aliphatic carbocycles. The summed E-state index contributed by atoms with van der Waals surface area (Å²) in [6, 6.07) is 4.56. The van der Waals surface area contributed by atoms with Gasteiger partial charge in [-0.2, -0.15) is 0 Å². The van der Waals surface area contributed by atoms with Gasteiger partial charge < -0.3 is 0 Å². The molecule has 1 rings (SSSR count). The molecule has 0 amide bonds. The van der Waals surface area contributed by atoms with E-state index in [2.05, 4.69) is 15.9 Å². The summed E-state index contributed by atoms with van der Waals surface area (Å²) >= 11 is 8.68. The van der Waals surface area contributed by atoms with Crippen LogP contribution in [0.4, 0.5) is 5.69 Å². The average molecular weight is 307 g/mol. The van der Waals surface area contributed by atoms with Crippen molar-refractivity contribution in [3.05, 3.63) is 39.4 Å². The molecule has 4 nitrogen and oxygen atoms in total. The van der Waals surface area contributed by atoms with Crippen LogP contribution in [0.15, 0.2) is 18.2 Å². The fourth-order valence-electron chi connectivity index (χ4n) is 1.31. The van der Waals surface area contributed by atoms with Crippen LogP contribution >= 0.6 is 27.5 Å². The predicted molar refractivity (Wildman–Crippen MR) is 65.2 cm³/mol. The molecule has 0 spiro atoms. The Balaban J connectivity index is 2.99. The zero-order valence-corrected chi connectivity index (χ0v) is 10.6. The minimum absolute atomic E-state index is 0.00922. The monoisotopic (exact) mass is 305 g/mol. The van der Waals surface area contributed by atoms with Crippen LogP contribution in [-0.4, -0.2) is 16.0 Å². The highest BCUT2D eigenvalue weighted by molar-refractivity contribution is 9.09. The lowest BCUT2D eigenvalue weighted by atomic mass is 10.1. The van der Waals surface area contributed by atoms with Crippen LogP contribution in [0, 0.1) is 10.1 Å². The number of ketones is 1. The standard InChI is InChI=1S/C10H9BrClNO3/c11-5-9(14)4-7-1-2-10(13(15)16)8(3-7)6-12/h1-3H,4-6H2. The number of carbonyl (C=O) groups excluding carboxylic acids is 1. The number of rotatable bonds is 5. The van der Waals surface area contributed by atoms with Gasteiger partial charge in [-0.3, -0.25) is 14.9 Å². The highest BCUT2D eigenvalue weighted by atomic mass is 79.9. The van der Waals surface area contributed by atoms with Gasteiger partial charge in [-0.1, -0.05) is 22.0 Å². The molecule has 1 aromatic carbocycles. The van der Waals surface area contributed by atoms with E-state index in [1.807, 2.05) is 0 Å². The van der Waals surface area contributed by atoms with Crippen LogP contribution in [0.25, 0.3) is 0 Å². The fraction of sp³-hybridized carbons (Fsp3) is 0.300. The number of alkyl halides is 2. The van der Waals surface area contributed by atoms with Crippen LogP contribution in [0.2, 0.25) is 0 Å². The van der Waals surface area contributed by atoms with E-state index >= 15 is 0 Å². The van der Waals surface area contributed by atoms with Crippen molar-refractivity contribution < 1.29 is 9.72 Å². The Labute approximate surface area is 106 Å². The minimum Gasteiger partial charge on any atom is -0.298 e. The smallest absolute Gasteiger partial charge is 0.273 e. The Morgan fingerprint density at radius 2 is 2.19 bits per heavy atom. The SMILES string of the molecule is O=C(CBr)Cc1ccc([N+](=O)[O-])c(CCl)c1. The second-order valence-electron chi connectivity index (χ2n) is 3.20. The Hall–Kier alpha value is -0.940. The average Bonchev–Trinajstić information content (AvgIpc) is 2.28. The van der Waals surface area contributed by atoms with Gasteiger partial charge in [0.2, 0.25) is 0 Å². The summed E-state index contributed by atoms with van der Waals surface area (Å²) in [5, 5.41) is 10.9. The molecule has 0 bridgehead atoms. The molecule has 0 saturated heterocycles. The molecular formula is C10H9BrClNO3. The van der Waals surface area contributed by atoms with Gasteiger partial charge in [-0.25, -0.2) is 0 Å². The van der Waals surface area contributed by atoms with Gasteiger partial charge in [0.25, 0.3) is 5.69 Å². The van der Waals surface area contributed by atoms with Gasteiger partial charge in [0.05, 0.1) is 16.1 Å². The van der Waals surface area contributed by atoms with Gasteiger partial charge >= 0.3 is 0 Å². The number of carbonyl (C=O) groups is 1. The molecule has 6 heteroatoms. The maximum atomic E-state index is 11.2. The van der Waals surface area contributed by atoms with Crippen molar-refractivity contribution in [1.82, 2.24) is 0 Å². The van der Waals surface area contributed by atoms with Gasteiger partial charge in [0.15, 0.2) is 0 Å². The summed E-state index contributed by atoms with van der Waals surface area (Å²) in [4.78, 5) is 21.4. The van der Waals surface area contributed by atoms with E-state index in [0.717, 1.165) is 5.56 Å². The van der Waals surface area contributed by atoms with E-state index in [4.69, 9.17) is 11.6 Å². The molecule has 1 aromatic rings. The number of nitro groups is 1. The summed E-state index contributed by atoms with van der Waals surface area (Å²) in [5.41, 5.74) is 1.17. The van der Waals surface area contributed by atoms with Gasteiger partial charge in [-0.05, 0) is 11.6 Å². The largest absolute Gasteiger partial charge is 0.298 e. The second-order valence-corrected chi connectivity index (χ2v) is 4.03. The Morgan fingerprint density at radius 1 is 1.50 bits per heavy atom. The maximum Gasteiger partial charge on any atom is 0.273 e. The van der Waals surface area contributed by atoms with Crippen molar-refractivity contribution in [2.24, 2.45) is 0 Å². The molecule has 0 aliphatic rings. The van der Waals surface area contributed by atoms with Crippen molar-refractivity contribution in [2.45, 2.75) is 12.3 Å². The normalized spacial score (nSPS) is 10.1. The van der Waals surface area contributed by atoms with Crippen molar-refractivity contribution in [1.29, 1.82) is 0 Å². The molecule has 86 valence electrons. The third kappa shape index (κ3) is 3.28. The molecule has 0 radical (unpaired) electrons. The first-order chi connectivity index (χ1) is 7.58. The first-order valence-electron chi connectivity index (χ1n) is 4.48. The molecule has 0 fully saturated rings. The van der Waals surface area contributed by atoms with E-state index in [1.165, 1.54) is 6.07 Å². The topological polar surface area (TPSA) is 60.2 Å². The first kappa shape index (κ1) is 13.1. The third-order valence-corrected chi connectivity index (χ3v) is 2.95. The quantitative estimate of drug-likeness (QED) is 0.477. The summed E-state index contributed by atoms with van der Waals surface area (Å²) in [5.74, 6) is 0.0847. The molecule has 0 atom stereocenters. The zero-order chi connectivity index (χ0) is 12.1. The summed E-state index contributed by atoms with van der Waals surface area (Å²) < 4.78 is 0. The first-order valence-corrected chi connectivity index (χ1v) is 6.14. The predicted octanol–water partition coefficient (Wildman–Crippen LogP) is 2.84. The highest BCUT2D eigenvalue weighted by Gasteiger charge is 2.13. The summed E-state index contributed by atoms with van der Waals surface area (Å²) in [6.45, 7) is 0. The fourth-order valence-corrected chi connectivity index (χ4v) is 1.72. The van der Waals surface area contributed by atoms with E-state index in [0.29, 0.717) is 5.56 Å². The summed E-state index contributed by atoms with van der Waals surface area (Å²) in [6.07, 6.45) is 0.257. The second kappa shape index (κ2) is 5.96. The molecule has 0 saturated carbocycles. The molecule has 0 heterocycles. The number of Topliss-reactive ketones (excluding diaryl/α,β-unsaturated/α-hetero) is 1. The lowest BCUT2D eigenvalue weighted by Crippen LogP contribution is -2.04. The van der Waals surface area contributed by atoms with Gasteiger partial charge in [0, 0.05) is 18.1 Å². The number of hydrogen-bond acceptors (Lipinski definition) is 3. The highest BCUT2D eigenvalue weighted by Crippen LogP contribution is 2.22. The van der Waals surface area contributed by atoms with E-state index in [9.17, 15) is 14.9 Å². The zero-order valence-electron chi connectivity index (χ0n) is 8.28. The molecule has 0 aliphatic heterocycles. The summed E-state index contributed by atoms with van der Waals surface area (Å²) in [7, 11) is 0. The number of nitrogens with zero attached hydrogens (tertiary/aromatic N) is 1. The lowest BCUT2D eigenvalue weighted by Gasteiger charge is -2.03. The molecule has 16 heavy (non-hydrogen) atoms. The van der Waals surface area contributed by atoms with Gasteiger partial charge in [0.1, 0.15) is 5.78 Å². The van der Waals surface area contributed by atoms with Gasteiger partial charge in [-0.15, -0.1) is 11.6 Å². The molecule has 0 N–H and O–H groups in total. The number of nitro benzene ring substituents is 1. The molecule has 0 aromatic heterocycles. The number of hydrogen-bond donors (Lipinski definition) is 0. The molecule has 0 unspecified atom stereocenters. The number of halogens is 2. The van der Waals surface area contributed by atoms with Crippen molar-refractivity contribution in [2.75, 3.05) is 5.33 Å². The van der Waals surface area contributed by atoms with Crippen molar-refractivity contribution in [3.8, 4) is 0 Å². The lowest BCUT2D eigenvalue weighted by molar-refractivity contribution is -0.385. The Morgan fingerprint density at radius 3 is 2.69 bits per heavy atom. The van der Waals surface area contributed by atoms with E-state index in [-0.39, 0.29) is 29.1 Å². The third-order valence-electron chi connectivity index (χ3n) is 2.03. The van der Waals surface area contributed by atoms with Crippen LogP contribution in [0.5, 0.6) is 0 Å². The van der Waals surface area contributed by atoms with Crippen LogP contribution < -0.4 is 0 Å². The van der Waals surface area contributed by atoms with Crippen molar-refractivity contribution in [3.63, 3.8) is 0 Å². The van der Waals surface area contributed by atoms with Crippen LogP contribution in [0.1, 0.15) is 11.1 Å². The number of benzene rings is 1. The molecular weight excluding hydrogens is 297 g/mol. The van der Waals surface area contributed by atoms with Crippen LogP contribution in [-0.2, 0) is 17.1 Å². The van der Waals surface area contributed by atoms with Crippen molar-refractivity contribution >= 4 is 39.0 Å². The minimum atomic E-state index is -0.478.